The molecule has 2 aromatic carbocycles. The smallest absolute Gasteiger partial charge is 0.243 e. The molecule has 0 atom stereocenters. The molecule has 1 aliphatic heterocycles. The third kappa shape index (κ3) is 4.08. The first kappa shape index (κ1) is 21.9. The minimum absolute atomic E-state index is 0.0134. The van der Waals surface area contributed by atoms with E-state index in [1.54, 1.807) is 6.07 Å². The number of rotatable bonds is 6. The minimum Gasteiger partial charge on any atom is -0.311 e. The van der Waals surface area contributed by atoms with Crippen molar-refractivity contribution in [2.24, 2.45) is 0 Å². The van der Waals surface area contributed by atoms with Crippen LogP contribution >= 0.6 is 0 Å². The lowest BCUT2D eigenvalue weighted by Gasteiger charge is -2.22. The molecule has 0 bridgehead atoms. The fraction of sp³-hybridized carbons (Fsp3) is 0.263. The van der Waals surface area contributed by atoms with E-state index in [1.165, 1.54) is 55.4 Å². The Labute approximate surface area is 175 Å². The van der Waals surface area contributed by atoms with Crippen molar-refractivity contribution in [3.05, 3.63) is 53.6 Å². The average Bonchev–Trinajstić information content (AvgIpc) is 3.17. The molecule has 0 aromatic heterocycles. The molecule has 0 saturated carbocycles. The average molecular weight is 449 g/mol. The fourth-order valence-corrected chi connectivity index (χ4v) is 5.07. The van der Waals surface area contributed by atoms with E-state index in [9.17, 15) is 21.6 Å². The van der Waals surface area contributed by atoms with Crippen molar-refractivity contribution < 1.29 is 21.6 Å². The Kier molecular flexibility index (Phi) is 5.96. The molecule has 9 nitrogen and oxygen atoms in total. The largest absolute Gasteiger partial charge is 0.311 e. The lowest BCUT2D eigenvalue weighted by Crippen LogP contribution is -2.40. The Morgan fingerprint density at radius 1 is 1.13 bits per heavy atom. The van der Waals surface area contributed by atoms with Crippen molar-refractivity contribution in [1.29, 1.82) is 5.26 Å². The maximum Gasteiger partial charge on any atom is 0.243 e. The molecule has 0 fully saturated rings. The maximum absolute atomic E-state index is 12.8. The molecule has 0 saturated heterocycles. The zero-order valence-corrected chi connectivity index (χ0v) is 18.0. The van der Waals surface area contributed by atoms with Crippen molar-refractivity contribution in [2.75, 3.05) is 32.1 Å². The molecule has 2 aromatic rings. The van der Waals surface area contributed by atoms with Crippen LogP contribution in [0.4, 0.5) is 5.69 Å². The first-order valence-corrected chi connectivity index (χ1v) is 11.9. The number of nitrogens with zero attached hydrogens (tertiary/aromatic N) is 3. The Hall–Kier alpha value is -2.78. The van der Waals surface area contributed by atoms with Crippen molar-refractivity contribution in [3.8, 4) is 6.07 Å². The summed E-state index contributed by atoms with van der Waals surface area (Å²) in [6, 6.07) is 11.8. The molecule has 3 rings (SSSR count). The molecule has 0 unspecified atom stereocenters. The maximum atomic E-state index is 12.8. The van der Waals surface area contributed by atoms with Gasteiger partial charge in [0.2, 0.25) is 26.0 Å². The molecule has 1 heterocycles. The van der Waals surface area contributed by atoms with Crippen LogP contribution in [0.5, 0.6) is 0 Å². The Balaban J connectivity index is 1.78. The molecule has 11 heteroatoms. The summed E-state index contributed by atoms with van der Waals surface area (Å²) < 4.78 is 52.6. The van der Waals surface area contributed by atoms with Gasteiger partial charge in [-0.25, -0.2) is 21.6 Å². The van der Waals surface area contributed by atoms with Crippen molar-refractivity contribution in [1.82, 2.24) is 9.03 Å². The fourth-order valence-electron chi connectivity index (χ4n) is 3.16. The quantitative estimate of drug-likeness (QED) is 0.692. The second-order valence-electron chi connectivity index (χ2n) is 6.69. The number of sulfonamides is 2. The van der Waals surface area contributed by atoms with Crippen LogP contribution in [0.2, 0.25) is 0 Å². The lowest BCUT2D eigenvalue weighted by molar-refractivity contribution is -0.118. The number of benzene rings is 2. The summed E-state index contributed by atoms with van der Waals surface area (Å²) in [7, 11) is -4.87. The van der Waals surface area contributed by atoms with Crippen LogP contribution in [0.25, 0.3) is 0 Å². The van der Waals surface area contributed by atoms with Crippen LogP contribution in [-0.2, 0) is 31.3 Å². The molecule has 0 aliphatic carbocycles. The third-order valence-electron chi connectivity index (χ3n) is 4.88. The molecule has 158 valence electrons. The van der Waals surface area contributed by atoms with Crippen molar-refractivity contribution in [3.63, 3.8) is 0 Å². The topological polar surface area (TPSA) is 128 Å². The number of carbonyl (C=O) groups excluding carboxylic acids is 1. The predicted molar refractivity (Wildman–Crippen MR) is 110 cm³/mol. The van der Waals surface area contributed by atoms with E-state index < -0.39 is 26.0 Å². The van der Waals surface area contributed by atoms with Crippen LogP contribution in [0.15, 0.2) is 52.3 Å². The highest BCUT2D eigenvalue weighted by molar-refractivity contribution is 7.89. The van der Waals surface area contributed by atoms with Gasteiger partial charge in [0.1, 0.15) is 0 Å². The van der Waals surface area contributed by atoms with Gasteiger partial charge in [-0.3, -0.25) is 4.79 Å². The second-order valence-corrected chi connectivity index (χ2v) is 10.6. The Morgan fingerprint density at radius 2 is 1.77 bits per heavy atom. The normalized spacial score (nSPS) is 13.9. The van der Waals surface area contributed by atoms with E-state index >= 15 is 0 Å². The van der Waals surface area contributed by atoms with E-state index in [0.29, 0.717) is 29.8 Å². The van der Waals surface area contributed by atoms with Crippen molar-refractivity contribution >= 4 is 31.6 Å². The molecular formula is C19H20N4O5S2. The van der Waals surface area contributed by atoms with E-state index in [-0.39, 0.29) is 16.3 Å². The highest BCUT2D eigenvalue weighted by Gasteiger charge is 2.30. The lowest BCUT2D eigenvalue weighted by atomic mass is 10.2. The summed E-state index contributed by atoms with van der Waals surface area (Å²) in [5.41, 5.74) is 1.61. The van der Waals surface area contributed by atoms with Gasteiger partial charge in [0.25, 0.3) is 0 Å². The molecule has 1 N–H and O–H groups in total. The van der Waals surface area contributed by atoms with Gasteiger partial charge in [0, 0.05) is 19.3 Å². The van der Waals surface area contributed by atoms with Gasteiger partial charge in [-0.15, -0.1) is 0 Å². The van der Waals surface area contributed by atoms with Crippen molar-refractivity contribution in [2.45, 2.75) is 16.2 Å². The number of nitriles is 1. The van der Waals surface area contributed by atoms with Crippen LogP contribution < -0.4 is 9.62 Å². The molecule has 1 amide bonds. The van der Waals surface area contributed by atoms with E-state index in [1.807, 2.05) is 6.07 Å². The number of carbonyl (C=O) groups is 1. The summed E-state index contributed by atoms with van der Waals surface area (Å²) in [4.78, 5) is 14.3. The van der Waals surface area contributed by atoms with Gasteiger partial charge in [-0.2, -0.15) is 9.57 Å². The predicted octanol–water partition coefficient (Wildman–Crippen LogP) is 0.676. The first-order valence-electron chi connectivity index (χ1n) is 8.93. The number of hydrogen-bond acceptors (Lipinski definition) is 6. The third-order valence-corrected chi connectivity index (χ3v) is 8.11. The van der Waals surface area contributed by atoms with Crippen LogP contribution in [-0.4, -0.2) is 54.2 Å². The van der Waals surface area contributed by atoms with Gasteiger partial charge in [0.05, 0.1) is 28.0 Å². The second kappa shape index (κ2) is 8.16. The van der Waals surface area contributed by atoms with Gasteiger partial charge in [0.15, 0.2) is 0 Å². The summed E-state index contributed by atoms with van der Waals surface area (Å²) in [5.74, 6) is -0.419. The van der Waals surface area contributed by atoms with E-state index in [2.05, 4.69) is 4.72 Å². The zero-order valence-electron chi connectivity index (χ0n) is 16.4. The molecule has 0 radical (unpaired) electrons. The summed E-state index contributed by atoms with van der Waals surface area (Å²) >= 11 is 0. The number of fused-ring (bicyclic) bond motifs is 1. The number of nitrogens with one attached hydrogen (secondary N) is 1. The van der Waals surface area contributed by atoms with E-state index in [4.69, 9.17) is 5.26 Å². The molecule has 30 heavy (non-hydrogen) atoms. The number of hydrogen-bond donors (Lipinski definition) is 1. The number of amides is 1. The molecular weight excluding hydrogens is 428 g/mol. The standard InChI is InChI=1S/C19H20N4O5S2/c1-21-29(25,26)17-7-8-18-15(11-17)9-10-23(18)19(24)13-22(2)30(27,28)16-5-3-14(12-20)4-6-16/h3-8,11,21H,9-10,13H2,1-2H3. The zero-order chi connectivity index (χ0) is 22.1. The summed E-state index contributed by atoms with van der Waals surface area (Å²) in [6.07, 6.45) is 0.472. The first-order chi connectivity index (χ1) is 14.1. The van der Waals surface area contributed by atoms with Gasteiger partial charge in [-0.05, 0) is 61.5 Å². The Morgan fingerprint density at radius 3 is 2.37 bits per heavy atom. The van der Waals surface area contributed by atoms with Crippen LogP contribution in [0.3, 0.4) is 0 Å². The van der Waals surface area contributed by atoms with Gasteiger partial charge < -0.3 is 4.90 Å². The molecule has 1 aliphatic rings. The minimum atomic E-state index is -3.91. The number of likely N-dealkylation sites (N-methyl/N-ethyl adjacent to an activating group) is 1. The number of anilines is 1. The van der Waals surface area contributed by atoms with Crippen LogP contribution in [0, 0.1) is 11.3 Å². The Bertz CT molecular complexity index is 1230. The highest BCUT2D eigenvalue weighted by atomic mass is 32.2. The van der Waals surface area contributed by atoms with Crippen LogP contribution in [0.1, 0.15) is 11.1 Å². The van der Waals surface area contributed by atoms with Gasteiger partial charge >= 0.3 is 0 Å². The highest BCUT2D eigenvalue weighted by Crippen LogP contribution is 2.30. The molecule has 0 spiro atoms. The SMILES string of the molecule is CNS(=O)(=O)c1ccc2c(c1)CCN2C(=O)CN(C)S(=O)(=O)c1ccc(C#N)cc1. The monoisotopic (exact) mass is 448 g/mol. The van der Waals surface area contributed by atoms with E-state index in [0.717, 1.165) is 4.31 Å². The summed E-state index contributed by atoms with van der Waals surface area (Å²) in [6.45, 7) is -0.0414. The van der Waals surface area contributed by atoms with Gasteiger partial charge in [-0.1, -0.05) is 0 Å². The summed E-state index contributed by atoms with van der Waals surface area (Å²) in [5, 5.41) is 8.84.